The lowest BCUT2D eigenvalue weighted by Gasteiger charge is -2.49. The molecule has 4 atom stereocenters. The molecule has 2 N–H and O–H groups in total. The Labute approximate surface area is 241 Å². The van der Waals surface area contributed by atoms with E-state index in [1.165, 1.54) is 18.2 Å². The van der Waals surface area contributed by atoms with Crippen molar-refractivity contribution in [1.29, 1.82) is 0 Å². The molecule has 40 heavy (non-hydrogen) atoms. The van der Waals surface area contributed by atoms with Gasteiger partial charge in [0.2, 0.25) is 11.8 Å². The Hall–Kier alpha value is -2.88. The zero-order chi connectivity index (χ0) is 28.2. The number of fused-ring (bicyclic) bond motifs is 2. The van der Waals surface area contributed by atoms with Gasteiger partial charge in [0.1, 0.15) is 23.1 Å². The van der Waals surface area contributed by atoms with E-state index in [0.29, 0.717) is 51.9 Å². The summed E-state index contributed by atoms with van der Waals surface area (Å²) in [5.41, 5.74) is 0.154. The van der Waals surface area contributed by atoms with E-state index in [4.69, 9.17) is 27.9 Å². The molecule has 4 aliphatic rings. The maximum atomic E-state index is 14.9. The normalized spacial score (nSPS) is 29.5. The van der Waals surface area contributed by atoms with Crippen LogP contribution in [0.3, 0.4) is 0 Å². The SMILES string of the molecule is O=C1C[C@@H](C2C=CC=C(Cl)C2)[C@]2(C(=O)Nc3cc(Cl)ccc32)[C@@H](c2cc(F)ccc2OC2CCS(=O)(=O)CC2)N1. The van der Waals surface area contributed by atoms with E-state index in [-0.39, 0.29) is 35.7 Å². The summed E-state index contributed by atoms with van der Waals surface area (Å²) < 4.78 is 45.1. The number of sulfone groups is 1. The van der Waals surface area contributed by atoms with Crippen LogP contribution in [0.25, 0.3) is 0 Å². The van der Waals surface area contributed by atoms with Crippen LogP contribution >= 0.6 is 23.2 Å². The molecule has 0 aromatic heterocycles. The molecule has 0 saturated carbocycles. The Morgan fingerprint density at radius 2 is 1.80 bits per heavy atom. The predicted molar refractivity (Wildman–Crippen MR) is 151 cm³/mol. The molecule has 1 spiro atoms. The molecule has 0 radical (unpaired) electrons. The lowest BCUT2D eigenvalue weighted by Crippen LogP contribution is -2.59. The van der Waals surface area contributed by atoms with Crippen LogP contribution < -0.4 is 15.4 Å². The van der Waals surface area contributed by atoms with Gasteiger partial charge in [-0.15, -0.1) is 0 Å². The first-order valence-corrected chi connectivity index (χ1v) is 15.7. The Kier molecular flexibility index (Phi) is 6.95. The molecule has 2 saturated heterocycles. The zero-order valence-corrected chi connectivity index (χ0v) is 23.7. The fraction of sp³-hybridized carbons (Fsp3) is 0.379. The van der Waals surface area contributed by atoms with E-state index >= 15 is 0 Å². The number of hydrogen-bond donors (Lipinski definition) is 2. The number of hydrogen-bond acceptors (Lipinski definition) is 5. The molecule has 0 bridgehead atoms. The molecule has 2 aromatic carbocycles. The van der Waals surface area contributed by atoms with Crippen LogP contribution in [0.5, 0.6) is 5.75 Å². The summed E-state index contributed by atoms with van der Waals surface area (Å²) in [5.74, 6) is -1.66. The molecule has 2 amide bonds. The number of anilines is 1. The van der Waals surface area contributed by atoms with Crippen LogP contribution in [0, 0.1) is 17.7 Å². The first-order valence-electron chi connectivity index (χ1n) is 13.2. The highest BCUT2D eigenvalue weighted by Crippen LogP contribution is 2.58. The van der Waals surface area contributed by atoms with Crippen molar-refractivity contribution in [3.63, 3.8) is 0 Å². The molecule has 210 valence electrons. The Morgan fingerprint density at radius 1 is 1.02 bits per heavy atom. The number of benzene rings is 2. The fourth-order valence-electron chi connectivity index (χ4n) is 6.66. The number of nitrogens with one attached hydrogen (secondary N) is 2. The van der Waals surface area contributed by atoms with E-state index in [1.807, 2.05) is 12.2 Å². The fourth-order valence-corrected chi connectivity index (χ4v) is 8.53. The number of allylic oxidation sites excluding steroid dienone is 4. The van der Waals surface area contributed by atoms with Gasteiger partial charge < -0.3 is 15.4 Å². The van der Waals surface area contributed by atoms with Crippen molar-refractivity contribution in [3.8, 4) is 5.75 Å². The van der Waals surface area contributed by atoms with E-state index < -0.39 is 39.1 Å². The van der Waals surface area contributed by atoms with Crippen LogP contribution in [0.2, 0.25) is 5.02 Å². The van der Waals surface area contributed by atoms with E-state index in [0.717, 1.165) is 0 Å². The number of amides is 2. The molecular formula is C29H27Cl2FN2O5S. The third-order valence-electron chi connectivity index (χ3n) is 8.46. The van der Waals surface area contributed by atoms with E-state index in [9.17, 15) is 22.4 Å². The molecule has 2 fully saturated rings. The number of carbonyl (C=O) groups excluding carboxylic acids is 2. The van der Waals surface area contributed by atoms with Gasteiger partial charge in [-0.05, 0) is 73.1 Å². The van der Waals surface area contributed by atoms with E-state index in [1.54, 1.807) is 24.3 Å². The molecule has 6 rings (SSSR count). The summed E-state index contributed by atoms with van der Waals surface area (Å²) >= 11 is 12.7. The van der Waals surface area contributed by atoms with Gasteiger partial charge in [0, 0.05) is 27.7 Å². The molecule has 3 aliphatic heterocycles. The van der Waals surface area contributed by atoms with Gasteiger partial charge in [-0.2, -0.15) is 0 Å². The third kappa shape index (κ3) is 4.72. The van der Waals surface area contributed by atoms with Crippen molar-refractivity contribution >= 4 is 50.5 Å². The van der Waals surface area contributed by atoms with Gasteiger partial charge in [0.25, 0.3) is 0 Å². The topological polar surface area (TPSA) is 102 Å². The Morgan fingerprint density at radius 3 is 2.55 bits per heavy atom. The van der Waals surface area contributed by atoms with Crippen LogP contribution in [-0.2, 0) is 24.8 Å². The van der Waals surface area contributed by atoms with Crippen molar-refractivity contribution in [3.05, 3.63) is 81.6 Å². The number of rotatable bonds is 4. The predicted octanol–water partition coefficient (Wildman–Crippen LogP) is 5.20. The maximum absolute atomic E-state index is 14.9. The zero-order valence-electron chi connectivity index (χ0n) is 21.3. The lowest BCUT2D eigenvalue weighted by molar-refractivity contribution is -0.135. The van der Waals surface area contributed by atoms with Gasteiger partial charge in [0.15, 0.2) is 9.84 Å². The second-order valence-corrected chi connectivity index (χ2v) is 14.1. The van der Waals surface area contributed by atoms with Crippen molar-refractivity contribution in [2.24, 2.45) is 11.8 Å². The first-order chi connectivity index (χ1) is 19.1. The summed E-state index contributed by atoms with van der Waals surface area (Å²) in [5, 5.41) is 7.03. The summed E-state index contributed by atoms with van der Waals surface area (Å²) in [4.78, 5) is 27.5. The smallest absolute Gasteiger partial charge is 0.237 e. The van der Waals surface area contributed by atoms with Crippen LogP contribution in [0.1, 0.15) is 42.9 Å². The molecule has 2 aromatic rings. The second-order valence-electron chi connectivity index (χ2n) is 10.8. The van der Waals surface area contributed by atoms with Crippen molar-refractivity contribution in [2.45, 2.75) is 43.2 Å². The standard InChI is InChI=1S/C29H27Cl2FN2O5S/c30-17-3-1-2-16(12-17)23-15-26(35)34-27(29(23)22-6-4-18(31)13-24(22)33-28(29)36)21-14-19(32)5-7-25(21)39-20-8-10-40(37,38)11-9-20/h1-7,13-14,16,20,23,27H,8-12,15H2,(H,33,36)(H,34,35)/t16?,23-,27+,29-/m0/s1. The van der Waals surface area contributed by atoms with Gasteiger partial charge in [-0.3, -0.25) is 9.59 Å². The summed E-state index contributed by atoms with van der Waals surface area (Å²) in [6.45, 7) is 0. The Bertz CT molecular complexity index is 1560. The van der Waals surface area contributed by atoms with Gasteiger partial charge in [0.05, 0.1) is 17.5 Å². The minimum Gasteiger partial charge on any atom is -0.490 e. The van der Waals surface area contributed by atoms with Crippen LogP contribution in [-0.4, -0.2) is 37.8 Å². The first kappa shape index (κ1) is 27.3. The molecule has 1 unspecified atom stereocenters. The highest BCUT2D eigenvalue weighted by atomic mass is 35.5. The molecule has 7 nitrogen and oxygen atoms in total. The van der Waals surface area contributed by atoms with Gasteiger partial charge >= 0.3 is 0 Å². The molecular weight excluding hydrogens is 578 g/mol. The van der Waals surface area contributed by atoms with Crippen molar-refractivity contribution in [1.82, 2.24) is 5.32 Å². The Balaban J connectivity index is 1.51. The summed E-state index contributed by atoms with van der Waals surface area (Å²) in [7, 11) is -3.12. The highest BCUT2D eigenvalue weighted by molar-refractivity contribution is 7.91. The second kappa shape index (κ2) is 10.2. The van der Waals surface area contributed by atoms with Crippen LogP contribution in [0.15, 0.2) is 59.7 Å². The maximum Gasteiger partial charge on any atom is 0.237 e. The number of halogens is 3. The third-order valence-corrected chi connectivity index (χ3v) is 10.7. The number of piperidine rings is 1. The largest absolute Gasteiger partial charge is 0.490 e. The van der Waals surface area contributed by atoms with Gasteiger partial charge in [-0.25, -0.2) is 12.8 Å². The van der Waals surface area contributed by atoms with E-state index in [2.05, 4.69) is 10.6 Å². The van der Waals surface area contributed by atoms with Crippen molar-refractivity contribution in [2.75, 3.05) is 16.8 Å². The number of ether oxygens (including phenoxy) is 1. The molecule has 11 heteroatoms. The highest BCUT2D eigenvalue weighted by Gasteiger charge is 2.62. The summed E-state index contributed by atoms with van der Waals surface area (Å²) in [6, 6.07) is 8.18. The lowest BCUT2D eigenvalue weighted by atomic mass is 9.57. The molecule has 1 aliphatic carbocycles. The molecule has 3 heterocycles. The van der Waals surface area contributed by atoms with Gasteiger partial charge in [-0.1, -0.05) is 41.4 Å². The van der Waals surface area contributed by atoms with Crippen molar-refractivity contribution < 1.29 is 27.1 Å². The minimum atomic E-state index is -3.12. The van der Waals surface area contributed by atoms with Crippen LogP contribution in [0.4, 0.5) is 10.1 Å². The quantitative estimate of drug-likeness (QED) is 0.499. The monoisotopic (exact) mass is 604 g/mol. The average molecular weight is 606 g/mol. The summed E-state index contributed by atoms with van der Waals surface area (Å²) in [6.07, 6.45) is 6.26. The number of carbonyl (C=O) groups is 2. The average Bonchev–Trinajstić information content (AvgIpc) is 3.18. The minimum absolute atomic E-state index is 0.000790.